The van der Waals surface area contributed by atoms with Gasteiger partial charge in [0.05, 0.1) is 24.4 Å². The van der Waals surface area contributed by atoms with E-state index in [0.29, 0.717) is 48.8 Å². The normalized spacial score (nSPS) is 19.7. The number of carboxylic acid groups (broad SMARTS) is 4. The highest BCUT2D eigenvalue weighted by Crippen LogP contribution is 2.45. The van der Waals surface area contributed by atoms with Crippen LogP contribution in [0.4, 0.5) is 0 Å². The van der Waals surface area contributed by atoms with Crippen LogP contribution in [0.2, 0.25) is 0 Å². The number of aliphatic carboxylic acids is 4. The predicted molar refractivity (Wildman–Crippen MR) is 480 cm³/mol. The van der Waals surface area contributed by atoms with Crippen molar-refractivity contribution in [3.05, 3.63) is 142 Å². The Morgan fingerprint density at radius 3 is 0.612 bits per heavy atom. The standard InChI is InChI=1S/4C24H36O4.2CH4.2H2S/c4*1-2-3-6-10-22(25)19-14-12-18(13-15-19)20-16-17-23(26)21(20)9-7-4-5-8-11-24(27)28;;;;/h4*12-15,20-22,25H,2-11,16-17H2,1H3,(H,27,28);2*1H4;2*1H2/t2*20-,21-,22+;2*20-,21-,22-;;;;/m1010..../s1. The molecule has 0 aromatic heterocycles. The summed E-state index contributed by atoms with van der Waals surface area (Å²) >= 11 is 0. The van der Waals surface area contributed by atoms with Gasteiger partial charge in [0.15, 0.2) is 0 Å². The Labute approximate surface area is 713 Å². The zero-order valence-corrected chi connectivity index (χ0v) is 72.0. The van der Waals surface area contributed by atoms with Crippen LogP contribution in [0.25, 0.3) is 0 Å². The minimum atomic E-state index is -0.732. The van der Waals surface area contributed by atoms with Crippen molar-refractivity contribution >= 4 is 74.0 Å². The van der Waals surface area contributed by atoms with Crippen LogP contribution in [-0.4, -0.2) is 87.9 Å². The lowest BCUT2D eigenvalue weighted by atomic mass is 9.84. The first-order valence-corrected chi connectivity index (χ1v) is 44.2. The lowest BCUT2D eigenvalue weighted by Crippen LogP contribution is -2.13. The van der Waals surface area contributed by atoms with Crippen molar-refractivity contribution in [3.63, 3.8) is 0 Å². The van der Waals surface area contributed by atoms with E-state index in [1.807, 2.05) is 48.5 Å². The Kier molecular flexibility index (Phi) is 58.7. The Morgan fingerprint density at radius 2 is 0.448 bits per heavy atom. The van der Waals surface area contributed by atoms with Gasteiger partial charge in [-0.05, 0) is 171 Å². The lowest BCUT2D eigenvalue weighted by Gasteiger charge is -2.20. The van der Waals surface area contributed by atoms with E-state index in [2.05, 4.69) is 76.2 Å². The van der Waals surface area contributed by atoms with E-state index >= 15 is 0 Å². The molecule has 12 atom stereocenters. The van der Waals surface area contributed by atoms with Gasteiger partial charge in [-0.15, -0.1) is 0 Å². The Morgan fingerprint density at radius 1 is 0.276 bits per heavy atom. The molecule has 0 saturated heterocycles. The Balaban J connectivity index is 0.000000765. The summed E-state index contributed by atoms with van der Waals surface area (Å²) in [4.78, 5) is 91.7. The van der Waals surface area contributed by atoms with E-state index in [-0.39, 0.29) is 115 Å². The number of carboxylic acids is 4. The molecule has 0 heterocycles. The molecule has 4 saturated carbocycles. The topological polar surface area (TPSA) is 298 Å². The number of unbranched alkanes of at least 4 members (excludes halogenated alkanes) is 20. The summed E-state index contributed by atoms with van der Waals surface area (Å²) in [6.45, 7) is 8.65. The fourth-order valence-electron chi connectivity index (χ4n) is 17.5. The molecular weight excluding hydrogens is 1500 g/mol. The molecule has 0 aliphatic heterocycles. The van der Waals surface area contributed by atoms with Crippen LogP contribution in [0.15, 0.2) is 97.1 Å². The van der Waals surface area contributed by atoms with Crippen molar-refractivity contribution in [1.82, 2.24) is 0 Å². The zero-order valence-electron chi connectivity index (χ0n) is 70.0. The average Bonchev–Trinajstić information content (AvgIpc) is 1.68. The number of Topliss-reactive ketones (excluding diaryl/α,β-unsaturated/α-hetero) is 4. The first kappa shape index (κ1) is 108. The first-order chi connectivity index (χ1) is 54.1. The molecule has 8 rings (SSSR count). The molecule has 0 bridgehead atoms. The largest absolute Gasteiger partial charge is 0.481 e. The molecule has 0 amide bonds. The summed E-state index contributed by atoms with van der Waals surface area (Å²) in [5, 5.41) is 76.1. The van der Waals surface area contributed by atoms with Crippen molar-refractivity contribution in [2.24, 2.45) is 23.7 Å². The van der Waals surface area contributed by atoms with Gasteiger partial charge >= 0.3 is 23.9 Å². The number of aliphatic hydroxyl groups excluding tert-OH is 4. The predicted octanol–water partition coefficient (Wildman–Crippen LogP) is 24.7. The number of rotatable bonds is 52. The summed E-state index contributed by atoms with van der Waals surface area (Å²) in [6.07, 6.45) is 40.4. The third-order valence-electron chi connectivity index (χ3n) is 24.3. The van der Waals surface area contributed by atoms with Gasteiger partial charge in [0, 0.05) is 75.0 Å². The number of carbonyl (C=O) groups is 8. The van der Waals surface area contributed by atoms with Crippen LogP contribution in [0, 0.1) is 23.7 Å². The molecule has 4 fully saturated rings. The summed E-state index contributed by atoms with van der Waals surface area (Å²) < 4.78 is 0. The fraction of sp³-hybridized carbons (Fsp3) is 0.673. The van der Waals surface area contributed by atoms with Crippen LogP contribution < -0.4 is 0 Å². The highest BCUT2D eigenvalue weighted by atomic mass is 32.1. The van der Waals surface area contributed by atoms with Crippen molar-refractivity contribution in [2.75, 3.05) is 0 Å². The van der Waals surface area contributed by atoms with Crippen LogP contribution in [-0.2, 0) is 38.4 Å². The number of hydrogen-bond donors (Lipinski definition) is 8. The Hall–Kier alpha value is -6.02. The second-order valence-corrected chi connectivity index (χ2v) is 33.0. The summed E-state index contributed by atoms with van der Waals surface area (Å²) in [7, 11) is 0. The van der Waals surface area contributed by atoms with Crippen LogP contribution in [0.3, 0.4) is 0 Å². The van der Waals surface area contributed by atoms with Gasteiger partial charge in [-0.25, -0.2) is 0 Å². The van der Waals surface area contributed by atoms with Gasteiger partial charge in [-0.1, -0.05) is 294 Å². The van der Waals surface area contributed by atoms with Gasteiger partial charge in [-0.2, -0.15) is 27.0 Å². The van der Waals surface area contributed by atoms with Gasteiger partial charge in [-0.3, -0.25) is 38.4 Å². The number of aliphatic hydroxyl groups is 4. The molecular formula is C98H156O16S2. The Bertz CT molecular complexity index is 2880. The van der Waals surface area contributed by atoms with Gasteiger partial charge in [0.2, 0.25) is 0 Å². The second kappa shape index (κ2) is 63.0. The van der Waals surface area contributed by atoms with Crippen molar-refractivity contribution in [1.29, 1.82) is 0 Å². The summed E-state index contributed by atoms with van der Waals surface area (Å²) in [5.41, 5.74) is 8.74. The molecule has 0 spiro atoms. The average molecular weight is 1650 g/mol. The van der Waals surface area contributed by atoms with E-state index in [9.17, 15) is 58.8 Å². The molecule has 0 radical (unpaired) electrons. The lowest BCUT2D eigenvalue weighted by molar-refractivity contribution is -0.138. The van der Waals surface area contributed by atoms with E-state index in [1.165, 1.54) is 22.3 Å². The minimum absolute atomic E-state index is 0. The highest BCUT2D eigenvalue weighted by molar-refractivity contribution is 7.59. The molecule has 4 aliphatic carbocycles. The molecule has 0 unspecified atom stereocenters. The van der Waals surface area contributed by atoms with Crippen LogP contribution >= 0.6 is 27.0 Å². The zero-order chi connectivity index (χ0) is 81.4. The quantitative estimate of drug-likeness (QED) is 0.0191. The van der Waals surface area contributed by atoms with Crippen LogP contribution in [0.5, 0.6) is 0 Å². The SMILES string of the molecule is C.C.CCCCC[C@@H](O)c1ccc([C@@H]2CCC(=O)[C@H]2CCCCCCC(=O)O)cc1.CCCCC[C@@H](O)c1ccc([C@H]2CCC(=O)[C@@H]2CCCCCCC(=O)O)cc1.CCCCC[C@H](O)c1ccc([C@@H]2CCC(=O)[C@H]2CCCCCCC(=O)O)cc1.CCCCC[C@H](O)c1ccc([C@H]2CCC(=O)[C@@H]2CCCCCCC(=O)O)cc1.S.S. The summed E-state index contributed by atoms with van der Waals surface area (Å²) in [6, 6.07) is 33.0. The molecule has 4 aromatic rings. The van der Waals surface area contributed by atoms with Crippen LogP contribution in [0.1, 0.15) is 443 Å². The molecule has 8 N–H and O–H groups in total. The molecule has 4 aliphatic rings. The van der Waals surface area contributed by atoms with E-state index < -0.39 is 48.3 Å². The summed E-state index contributed by atoms with van der Waals surface area (Å²) in [5.74, 6) is 0.118. The molecule has 18 heteroatoms. The third kappa shape index (κ3) is 40.8. The maximum atomic E-state index is 12.4. The molecule has 4 aromatic carbocycles. The van der Waals surface area contributed by atoms with E-state index in [4.69, 9.17) is 20.4 Å². The molecule has 16 nitrogen and oxygen atoms in total. The molecule has 656 valence electrons. The van der Waals surface area contributed by atoms with Crippen molar-refractivity contribution in [3.8, 4) is 0 Å². The number of carbonyl (C=O) groups excluding carboxylic acids is 4. The van der Waals surface area contributed by atoms with Gasteiger partial charge in [0.25, 0.3) is 0 Å². The van der Waals surface area contributed by atoms with Crippen molar-refractivity contribution < 1.29 is 79.2 Å². The minimum Gasteiger partial charge on any atom is -0.481 e. The fourth-order valence-corrected chi connectivity index (χ4v) is 17.5. The first-order valence-electron chi connectivity index (χ1n) is 44.2. The van der Waals surface area contributed by atoms with Gasteiger partial charge in [0.1, 0.15) is 23.1 Å². The number of hydrogen-bond acceptors (Lipinski definition) is 12. The number of benzene rings is 4. The van der Waals surface area contributed by atoms with E-state index in [1.54, 1.807) is 0 Å². The second-order valence-electron chi connectivity index (χ2n) is 33.0. The van der Waals surface area contributed by atoms with E-state index in [0.717, 1.165) is 279 Å². The maximum Gasteiger partial charge on any atom is 0.303 e. The van der Waals surface area contributed by atoms with Gasteiger partial charge < -0.3 is 40.9 Å². The highest BCUT2D eigenvalue weighted by Gasteiger charge is 2.39. The monoisotopic (exact) mass is 1650 g/mol. The maximum absolute atomic E-state index is 12.4. The molecule has 116 heavy (non-hydrogen) atoms. The number of ketones is 4. The third-order valence-corrected chi connectivity index (χ3v) is 24.3. The smallest absolute Gasteiger partial charge is 0.303 e. The van der Waals surface area contributed by atoms with Crippen molar-refractivity contribution in [2.45, 2.75) is 399 Å².